The fraction of sp³-hybridized carbons (Fsp3) is 0.571. The summed E-state index contributed by atoms with van der Waals surface area (Å²) in [5.74, 6) is 1.66. The standard InChI is InChI=1S/C14H23NO3/c1-5-12(15)6-10-7-14(18-4)11(9-16-2)8-13(10)17-3/h7-8,12H,5-6,9,15H2,1-4H3. The van der Waals surface area contributed by atoms with Gasteiger partial charge < -0.3 is 19.9 Å². The molecule has 4 nitrogen and oxygen atoms in total. The summed E-state index contributed by atoms with van der Waals surface area (Å²) in [6.45, 7) is 2.58. The van der Waals surface area contributed by atoms with Crippen molar-refractivity contribution in [3.63, 3.8) is 0 Å². The van der Waals surface area contributed by atoms with Gasteiger partial charge in [-0.3, -0.25) is 0 Å². The van der Waals surface area contributed by atoms with Crippen LogP contribution in [0.3, 0.4) is 0 Å². The van der Waals surface area contributed by atoms with Crippen molar-refractivity contribution in [1.29, 1.82) is 0 Å². The molecular formula is C14H23NO3. The Labute approximate surface area is 109 Å². The van der Waals surface area contributed by atoms with Crippen LogP contribution in [-0.4, -0.2) is 27.4 Å². The first-order valence-electron chi connectivity index (χ1n) is 6.14. The first-order valence-corrected chi connectivity index (χ1v) is 6.14. The summed E-state index contributed by atoms with van der Waals surface area (Å²) in [6.07, 6.45) is 1.72. The fourth-order valence-electron chi connectivity index (χ4n) is 1.88. The zero-order valence-electron chi connectivity index (χ0n) is 11.7. The third kappa shape index (κ3) is 3.62. The van der Waals surface area contributed by atoms with Crippen LogP contribution in [0.1, 0.15) is 24.5 Å². The van der Waals surface area contributed by atoms with E-state index in [-0.39, 0.29) is 6.04 Å². The summed E-state index contributed by atoms with van der Waals surface area (Å²) in [7, 11) is 4.98. The SMILES string of the molecule is CCC(N)Cc1cc(OC)c(COC)cc1OC. The van der Waals surface area contributed by atoms with Gasteiger partial charge in [-0.1, -0.05) is 6.92 Å². The monoisotopic (exact) mass is 253 g/mol. The lowest BCUT2D eigenvalue weighted by Crippen LogP contribution is -2.21. The number of nitrogens with two attached hydrogens (primary N) is 1. The average molecular weight is 253 g/mol. The van der Waals surface area contributed by atoms with Crippen LogP contribution in [0, 0.1) is 0 Å². The van der Waals surface area contributed by atoms with Gasteiger partial charge in [0, 0.05) is 18.7 Å². The Kier molecular flexibility index (Phi) is 5.95. The van der Waals surface area contributed by atoms with Crippen LogP contribution in [0.2, 0.25) is 0 Å². The van der Waals surface area contributed by atoms with Gasteiger partial charge in [-0.15, -0.1) is 0 Å². The molecule has 1 aromatic rings. The van der Waals surface area contributed by atoms with E-state index in [0.717, 1.165) is 35.5 Å². The molecule has 0 aliphatic rings. The summed E-state index contributed by atoms with van der Waals surface area (Å²) >= 11 is 0. The maximum absolute atomic E-state index is 6.00. The topological polar surface area (TPSA) is 53.7 Å². The fourth-order valence-corrected chi connectivity index (χ4v) is 1.88. The molecule has 0 spiro atoms. The third-order valence-electron chi connectivity index (χ3n) is 2.99. The zero-order chi connectivity index (χ0) is 13.5. The number of ether oxygens (including phenoxy) is 3. The van der Waals surface area contributed by atoms with Crippen LogP contribution < -0.4 is 15.2 Å². The van der Waals surface area contributed by atoms with Gasteiger partial charge in [-0.05, 0) is 30.5 Å². The molecule has 18 heavy (non-hydrogen) atoms. The Morgan fingerprint density at radius 1 is 1.06 bits per heavy atom. The summed E-state index contributed by atoms with van der Waals surface area (Å²) in [5, 5.41) is 0. The second-order valence-electron chi connectivity index (χ2n) is 4.28. The molecule has 0 amide bonds. The molecule has 1 atom stereocenters. The minimum absolute atomic E-state index is 0.136. The summed E-state index contributed by atoms with van der Waals surface area (Å²) in [6, 6.07) is 4.08. The Bertz CT molecular complexity index is 380. The van der Waals surface area contributed by atoms with Gasteiger partial charge in [0.1, 0.15) is 11.5 Å². The predicted octanol–water partition coefficient (Wildman–Crippen LogP) is 2.13. The second-order valence-corrected chi connectivity index (χ2v) is 4.28. The summed E-state index contributed by atoms with van der Waals surface area (Å²) < 4.78 is 15.9. The van der Waals surface area contributed by atoms with Crippen LogP contribution in [-0.2, 0) is 17.8 Å². The molecule has 0 radical (unpaired) electrons. The first kappa shape index (κ1) is 14.8. The van der Waals surface area contributed by atoms with E-state index >= 15 is 0 Å². The maximum atomic E-state index is 6.00. The number of hydrogen-bond donors (Lipinski definition) is 1. The summed E-state index contributed by atoms with van der Waals surface area (Å²) in [5.41, 5.74) is 8.05. The maximum Gasteiger partial charge on any atom is 0.124 e. The number of hydrogen-bond acceptors (Lipinski definition) is 4. The van der Waals surface area contributed by atoms with Crippen molar-refractivity contribution in [3.8, 4) is 11.5 Å². The van der Waals surface area contributed by atoms with E-state index < -0.39 is 0 Å². The van der Waals surface area contributed by atoms with Crippen molar-refractivity contribution >= 4 is 0 Å². The van der Waals surface area contributed by atoms with E-state index in [4.69, 9.17) is 19.9 Å². The second kappa shape index (κ2) is 7.24. The lowest BCUT2D eigenvalue weighted by molar-refractivity contribution is 0.181. The van der Waals surface area contributed by atoms with Crippen molar-refractivity contribution in [1.82, 2.24) is 0 Å². The lowest BCUT2D eigenvalue weighted by atomic mass is 10.0. The van der Waals surface area contributed by atoms with E-state index in [2.05, 4.69) is 6.92 Å². The van der Waals surface area contributed by atoms with Crippen molar-refractivity contribution in [2.75, 3.05) is 21.3 Å². The molecular weight excluding hydrogens is 230 g/mol. The molecule has 4 heteroatoms. The van der Waals surface area contributed by atoms with Crippen molar-refractivity contribution in [2.24, 2.45) is 5.73 Å². The number of rotatable bonds is 7. The van der Waals surface area contributed by atoms with E-state index in [0.29, 0.717) is 6.61 Å². The van der Waals surface area contributed by atoms with Gasteiger partial charge in [0.2, 0.25) is 0 Å². The van der Waals surface area contributed by atoms with Crippen LogP contribution in [0.4, 0.5) is 0 Å². The van der Waals surface area contributed by atoms with E-state index in [1.165, 1.54) is 0 Å². The average Bonchev–Trinajstić information content (AvgIpc) is 2.39. The van der Waals surface area contributed by atoms with Crippen LogP contribution in [0.5, 0.6) is 11.5 Å². The van der Waals surface area contributed by atoms with Crippen LogP contribution in [0.15, 0.2) is 12.1 Å². The Morgan fingerprint density at radius 2 is 1.61 bits per heavy atom. The highest BCUT2D eigenvalue weighted by atomic mass is 16.5. The van der Waals surface area contributed by atoms with Crippen molar-refractivity contribution in [2.45, 2.75) is 32.4 Å². The van der Waals surface area contributed by atoms with Crippen LogP contribution in [0.25, 0.3) is 0 Å². The number of benzene rings is 1. The zero-order valence-corrected chi connectivity index (χ0v) is 11.7. The minimum atomic E-state index is 0.136. The Hall–Kier alpha value is -1.26. The molecule has 0 saturated carbocycles. The molecule has 1 aromatic carbocycles. The lowest BCUT2D eigenvalue weighted by Gasteiger charge is -2.16. The predicted molar refractivity (Wildman–Crippen MR) is 72.2 cm³/mol. The van der Waals surface area contributed by atoms with Gasteiger partial charge in [0.15, 0.2) is 0 Å². The largest absolute Gasteiger partial charge is 0.496 e. The number of methoxy groups -OCH3 is 3. The first-order chi connectivity index (χ1) is 8.65. The molecule has 1 unspecified atom stereocenters. The van der Waals surface area contributed by atoms with Crippen molar-refractivity contribution in [3.05, 3.63) is 23.3 Å². The molecule has 0 aromatic heterocycles. The Balaban J connectivity index is 3.09. The quantitative estimate of drug-likeness (QED) is 0.808. The highest BCUT2D eigenvalue weighted by Crippen LogP contribution is 2.30. The van der Waals surface area contributed by atoms with Crippen molar-refractivity contribution < 1.29 is 14.2 Å². The van der Waals surface area contributed by atoms with Gasteiger partial charge in [-0.25, -0.2) is 0 Å². The molecule has 0 aliphatic heterocycles. The Morgan fingerprint density at radius 3 is 2.11 bits per heavy atom. The van der Waals surface area contributed by atoms with E-state index in [1.807, 2.05) is 12.1 Å². The molecule has 0 heterocycles. The van der Waals surface area contributed by atoms with Crippen LogP contribution >= 0.6 is 0 Å². The third-order valence-corrected chi connectivity index (χ3v) is 2.99. The van der Waals surface area contributed by atoms with E-state index in [1.54, 1.807) is 21.3 Å². The smallest absolute Gasteiger partial charge is 0.124 e. The molecule has 102 valence electrons. The molecule has 0 bridgehead atoms. The van der Waals surface area contributed by atoms with Gasteiger partial charge in [-0.2, -0.15) is 0 Å². The molecule has 0 aliphatic carbocycles. The molecule has 0 saturated heterocycles. The minimum Gasteiger partial charge on any atom is -0.496 e. The highest BCUT2D eigenvalue weighted by Gasteiger charge is 2.13. The van der Waals surface area contributed by atoms with Gasteiger partial charge >= 0.3 is 0 Å². The normalized spacial score (nSPS) is 12.3. The highest BCUT2D eigenvalue weighted by molar-refractivity contribution is 5.46. The molecule has 2 N–H and O–H groups in total. The van der Waals surface area contributed by atoms with Gasteiger partial charge in [0.25, 0.3) is 0 Å². The summed E-state index contributed by atoms with van der Waals surface area (Å²) in [4.78, 5) is 0. The van der Waals surface area contributed by atoms with Gasteiger partial charge in [0.05, 0.1) is 20.8 Å². The molecule has 1 rings (SSSR count). The van der Waals surface area contributed by atoms with E-state index in [9.17, 15) is 0 Å². The molecule has 0 fully saturated rings.